The average Bonchev–Trinajstić information content (AvgIpc) is 2.87. The lowest BCUT2D eigenvalue weighted by atomic mass is 10.1. The van der Waals surface area contributed by atoms with Crippen LogP contribution >= 0.6 is 11.6 Å². The first-order valence-corrected chi connectivity index (χ1v) is 13.6. The Balaban J connectivity index is 1.90. The molecule has 0 aromatic heterocycles. The number of carbonyl (C=O) groups excluding carboxylic acids is 2. The van der Waals surface area contributed by atoms with Crippen molar-refractivity contribution in [2.75, 3.05) is 29.3 Å². The van der Waals surface area contributed by atoms with Gasteiger partial charge in [0.05, 0.1) is 28.4 Å². The van der Waals surface area contributed by atoms with Gasteiger partial charge < -0.3 is 15.4 Å². The minimum Gasteiger partial charge on any atom is -0.494 e. The van der Waals surface area contributed by atoms with Gasteiger partial charge in [-0.15, -0.1) is 0 Å². The predicted molar refractivity (Wildman–Crippen MR) is 146 cm³/mol. The number of hydrogen-bond acceptors (Lipinski definition) is 5. The number of nitrogens with zero attached hydrogens (tertiary/aromatic N) is 1. The highest BCUT2D eigenvalue weighted by Gasteiger charge is 2.28. The molecule has 0 saturated heterocycles. The Labute approximate surface area is 222 Å². The van der Waals surface area contributed by atoms with E-state index in [1.165, 1.54) is 24.3 Å². The van der Waals surface area contributed by atoms with Gasteiger partial charge >= 0.3 is 0 Å². The maximum atomic E-state index is 13.6. The van der Waals surface area contributed by atoms with Gasteiger partial charge in [0.2, 0.25) is 5.91 Å². The average molecular weight is 544 g/mol. The van der Waals surface area contributed by atoms with E-state index in [2.05, 4.69) is 10.6 Å². The van der Waals surface area contributed by atoms with Crippen LogP contribution in [0.1, 0.15) is 31.1 Å². The molecule has 0 aliphatic carbocycles. The molecule has 196 valence electrons. The van der Waals surface area contributed by atoms with E-state index in [-0.39, 0.29) is 33.7 Å². The quantitative estimate of drug-likeness (QED) is 0.356. The second-order valence-electron chi connectivity index (χ2n) is 8.59. The third-order valence-corrected chi connectivity index (χ3v) is 7.28. The molecule has 8 nitrogen and oxygen atoms in total. The summed E-state index contributed by atoms with van der Waals surface area (Å²) in [7, 11) is -4.13. The number of para-hydroxylation sites is 1. The lowest BCUT2D eigenvalue weighted by Gasteiger charge is -2.24. The van der Waals surface area contributed by atoms with Crippen LogP contribution in [0.4, 0.5) is 11.4 Å². The van der Waals surface area contributed by atoms with E-state index in [9.17, 15) is 18.0 Å². The van der Waals surface area contributed by atoms with Gasteiger partial charge in [-0.1, -0.05) is 37.6 Å². The molecule has 3 rings (SSSR count). The zero-order valence-electron chi connectivity index (χ0n) is 20.9. The van der Waals surface area contributed by atoms with E-state index in [1.54, 1.807) is 48.5 Å². The SMILES string of the molecule is CCOc1ccc(N(CC(=O)Nc2ccccc2C(=O)NCC(C)C)S(=O)(=O)c2ccc(Cl)cc2)cc1. The number of hydrogen-bond donors (Lipinski definition) is 2. The number of ether oxygens (including phenoxy) is 1. The van der Waals surface area contributed by atoms with Crippen molar-refractivity contribution >= 4 is 44.8 Å². The number of nitrogens with one attached hydrogen (secondary N) is 2. The van der Waals surface area contributed by atoms with Gasteiger partial charge in [-0.05, 0) is 73.5 Å². The third kappa shape index (κ3) is 7.47. The number of halogens is 1. The molecule has 0 atom stereocenters. The summed E-state index contributed by atoms with van der Waals surface area (Å²) in [6.07, 6.45) is 0. The van der Waals surface area contributed by atoms with E-state index in [1.807, 2.05) is 20.8 Å². The molecular formula is C27H30ClN3O5S. The molecule has 0 saturated carbocycles. The second-order valence-corrected chi connectivity index (χ2v) is 10.9. The lowest BCUT2D eigenvalue weighted by Crippen LogP contribution is -2.38. The zero-order valence-corrected chi connectivity index (χ0v) is 22.5. The van der Waals surface area contributed by atoms with Crippen molar-refractivity contribution in [3.63, 3.8) is 0 Å². The maximum Gasteiger partial charge on any atom is 0.264 e. The van der Waals surface area contributed by atoms with Crippen LogP contribution in [0.25, 0.3) is 0 Å². The molecular weight excluding hydrogens is 514 g/mol. The van der Waals surface area contributed by atoms with Gasteiger partial charge in [0.25, 0.3) is 15.9 Å². The van der Waals surface area contributed by atoms with Crippen LogP contribution in [-0.2, 0) is 14.8 Å². The number of rotatable bonds is 11. The van der Waals surface area contributed by atoms with Gasteiger partial charge in [-0.25, -0.2) is 8.42 Å². The fraction of sp³-hybridized carbons (Fsp3) is 0.259. The van der Waals surface area contributed by atoms with Crippen molar-refractivity contribution in [1.29, 1.82) is 0 Å². The Morgan fingerprint density at radius 2 is 1.62 bits per heavy atom. The van der Waals surface area contributed by atoms with Crippen molar-refractivity contribution in [3.05, 3.63) is 83.4 Å². The summed E-state index contributed by atoms with van der Waals surface area (Å²) in [5, 5.41) is 5.90. The summed E-state index contributed by atoms with van der Waals surface area (Å²) in [6.45, 7) is 6.21. The van der Waals surface area contributed by atoms with Crippen molar-refractivity contribution in [2.24, 2.45) is 5.92 Å². The summed E-state index contributed by atoms with van der Waals surface area (Å²) < 4.78 is 33.6. The molecule has 3 aromatic rings. The summed E-state index contributed by atoms with van der Waals surface area (Å²) in [5.41, 5.74) is 0.838. The van der Waals surface area contributed by atoms with Crippen molar-refractivity contribution < 1.29 is 22.7 Å². The second kappa shape index (κ2) is 12.6. The molecule has 37 heavy (non-hydrogen) atoms. The van der Waals surface area contributed by atoms with E-state index in [4.69, 9.17) is 16.3 Å². The fourth-order valence-electron chi connectivity index (χ4n) is 3.43. The van der Waals surface area contributed by atoms with Crippen molar-refractivity contribution in [1.82, 2.24) is 5.32 Å². The van der Waals surface area contributed by atoms with Crippen LogP contribution in [0, 0.1) is 5.92 Å². The molecule has 10 heteroatoms. The van der Waals surface area contributed by atoms with Gasteiger partial charge in [-0.3, -0.25) is 13.9 Å². The van der Waals surface area contributed by atoms with Crippen LogP contribution in [0.15, 0.2) is 77.7 Å². The zero-order chi connectivity index (χ0) is 27.0. The summed E-state index contributed by atoms with van der Waals surface area (Å²) in [6, 6.07) is 18.7. The minimum atomic E-state index is -4.13. The van der Waals surface area contributed by atoms with Crippen LogP contribution in [0.3, 0.4) is 0 Å². The first-order valence-electron chi connectivity index (χ1n) is 11.8. The molecule has 0 aliphatic heterocycles. The predicted octanol–water partition coefficient (Wildman–Crippen LogP) is 4.96. The first-order chi connectivity index (χ1) is 17.6. The smallest absolute Gasteiger partial charge is 0.264 e. The number of sulfonamides is 1. The maximum absolute atomic E-state index is 13.6. The van der Waals surface area contributed by atoms with Crippen molar-refractivity contribution in [3.8, 4) is 5.75 Å². The summed E-state index contributed by atoms with van der Waals surface area (Å²) in [5.74, 6) is -0.121. The Morgan fingerprint density at radius 1 is 0.973 bits per heavy atom. The van der Waals surface area contributed by atoms with E-state index in [0.717, 1.165) is 4.31 Å². The van der Waals surface area contributed by atoms with E-state index >= 15 is 0 Å². The molecule has 2 amide bonds. The normalized spacial score (nSPS) is 11.2. The van der Waals surface area contributed by atoms with E-state index in [0.29, 0.717) is 23.9 Å². The molecule has 3 aromatic carbocycles. The molecule has 0 radical (unpaired) electrons. The molecule has 0 unspecified atom stereocenters. The Bertz CT molecular complexity index is 1330. The summed E-state index contributed by atoms with van der Waals surface area (Å²) >= 11 is 5.94. The molecule has 0 spiro atoms. The highest BCUT2D eigenvalue weighted by Crippen LogP contribution is 2.27. The largest absolute Gasteiger partial charge is 0.494 e. The van der Waals surface area contributed by atoms with Crippen LogP contribution in [-0.4, -0.2) is 39.9 Å². The van der Waals surface area contributed by atoms with Crippen LogP contribution in [0.5, 0.6) is 5.75 Å². The molecule has 0 heterocycles. The Kier molecular flexibility index (Phi) is 9.54. The van der Waals surface area contributed by atoms with Crippen LogP contribution < -0.4 is 19.7 Å². The van der Waals surface area contributed by atoms with Gasteiger partial charge in [-0.2, -0.15) is 0 Å². The highest BCUT2D eigenvalue weighted by atomic mass is 35.5. The lowest BCUT2D eigenvalue weighted by molar-refractivity contribution is -0.114. The molecule has 0 fully saturated rings. The number of carbonyl (C=O) groups is 2. The Hall–Kier alpha value is -3.56. The fourth-order valence-corrected chi connectivity index (χ4v) is 4.97. The Morgan fingerprint density at radius 3 is 2.24 bits per heavy atom. The topological polar surface area (TPSA) is 105 Å². The van der Waals surface area contributed by atoms with Crippen LogP contribution in [0.2, 0.25) is 5.02 Å². The first kappa shape index (κ1) is 28.0. The molecule has 0 aliphatic rings. The minimum absolute atomic E-state index is 0.0213. The van der Waals surface area contributed by atoms with Gasteiger partial charge in [0.1, 0.15) is 12.3 Å². The number of benzene rings is 3. The van der Waals surface area contributed by atoms with Crippen molar-refractivity contribution in [2.45, 2.75) is 25.7 Å². The third-order valence-electron chi connectivity index (χ3n) is 5.24. The summed E-state index contributed by atoms with van der Waals surface area (Å²) in [4.78, 5) is 25.8. The van der Waals surface area contributed by atoms with Gasteiger partial charge in [0, 0.05) is 11.6 Å². The highest BCUT2D eigenvalue weighted by molar-refractivity contribution is 7.92. The van der Waals surface area contributed by atoms with E-state index < -0.39 is 22.5 Å². The monoisotopic (exact) mass is 543 g/mol. The standard InChI is InChI=1S/C27H30ClN3O5S/c1-4-36-22-13-11-21(12-14-22)31(37(34,35)23-15-9-20(28)10-16-23)18-26(32)30-25-8-6-5-7-24(25)27(33)29-17-19(2)3/h5-16,19H,4,17-18H2,1-3H3,(H,29,33)(H,30,32). The van der Waals surface area contributed by atoms with Gasteiger partial charge in [0.15, 0.2) is 0 Å². The number of amides is 2. The number of anilines is 2. The molecule has 2 N–H and O–H groups in total. The molecule has 0 bridgehead atoms.